The Kier molecular flexibility index (Phi) is 5.75. The van der Waals surface area contributed by atoms with Crippen molar-refractivity contribution in [3.63, 3.8) is 0 Å². The molecule has 2 fully saturated rings. The molecule has 2 aliphatic heterocycles. The number of halogens is 1. The summed E-state index contributed by atoms with van der Waals surface area (Å²) in [7, 11) is 0. The normalized spacial score (nSPS) is 17.9. The van der Waals surface area contributed by atoms with Gasteiger partial charge >= 0.3 is 0 Å². The molecule has 6 nitrogen and oxygen atoms in total. The second-order valence-electron chi connectivity index (χ2n) is 7.08. The SMILES string of the molecule is O=C(c1ccc(I)cc1)N1CCN(c2ccc(N3CCCCC3)nn2)CC1. The number of hydrogen-bond acceptors (Lipinski definition) is 5. The molecule has 0 radical (unpaired) electrons. The zero-order chi connectivity index (χ0) is 18.6. The van der Waals surface area contributed by atoms with Crippen molar-refractivity contribution in [2.24, 2.45) is 0 Å². The lowest BCUT2D eigenvalue weighted by molar-refractivity contribution is 0.0746. The largest absolute Gasteiger partial charge is 0.355 e. The Labute approximate surface area is 173 Å². The van der Waals surface area contributed by atoms with Crippen LogP contribution in [0.5, 0.6) is 0 Å². The first-order valence-electron chi connectivity index (χ1n) is 9.59. The van der Waals surface area contributed by atoms with Gasteiger partial charge in [-0.15, -0.1) is 10.2 Å². The summed E-state index contributed by atoms with van der Waals surface area (Å²) in [5, 5.41) is 8.89. The van der Waals surface area contributed by atoms with Crippen LogP contribution in [0.15, 0.2) is 36.4 Å². The van der Waals surface area contributed by atoms with Gasteiger partial charge in [-0.25, -0.2) is 0 Å². The number of amides is 1. The summed E-state index contributed by atoms with van der Waals surface area (Å²) in [6.07, 6.45) is 3.78. The number of rotatable bonds is 3. The lowest BCUT2D eigenvalue weighted by Crippen LogP contribution is -2.49. The molecule has 1 aromatic heterocycles. The van der Waals surface area contributed by atoms with Crippen LogP contribution in [0.25, 0.3) is 0 Å². The molecule has 0 bridgehead atoms. The van der Waals surface area contributed by atoms with Crippen molar-refractivity contribution in [2.75, 3.05) is 49.1 Å². The summed E-state index contributed by atoms with van der Waals surface area (Å²) in [4.78, 5) is 19.1. The quantitative estimate of drug-likeness (QED) is 0.637. The summed E-state index contributed by atoms with van der Waals surface area (Å²) in [6, 6.07) is 11.9. The summed E-state index contributed by atoms with van der Waals surface area (Å²) < 4.78 is 1.14. The molecule has 7 heteroatoms. The van der Waals surface area contributed by atoms with Crippen LogP contribution < -0.4 is 9.80 Å². The Bertz CT molecular complexity index is 766. The van der Waals surface area contributed by atoms with E-state index in [1.54, 1.807) is 0 Å². The predicted molar refractivity (Wildman–Crippen MR) is 115 cm³/mol. The second-order valence-corrected chi connectivity index (χ2v) is 8.33. The third kappa shape index (κ3) is 4.34. The molecule has 0 saturated carbocycles. The Hall–Kier alpha value is -1.90. The van der Waals surface area contributed by atoms with Gasteiger partial charge in [0, 0.05) is 48.4 Å². The zero-order valence-electron chi connectivity index (χ0n) is 15.4. The number of carbonyl (C=O) groups is 1. The first-order chi connectivity index (χ1) is 13.2. The smallest absolute Gasteiger partial charge is 0.253 e. The molecule has 142 valence electrons. The predicted octanol–water partition coefficient (Wildman–Crippen LogP) is 3.03. The van der Waals surface area contributed by atoms with Gasteiger partial charge in [0.2, 0.25) is 0 Å². The monoisotopic (exact) mass is 477 g/mol. The van der Waals surface area contributed by atoms with Gasteiger partial charge in [-0.2, -0.15) is 0 Å². The molecule has 27 heavy (non-hydrogen) atoms. The minimum Gasteiger partial charge on any atom is -0.355 e. The maximum absolute atomic E-state index is 12.6. The van der Waals surface area contributed by atoms with Crippen LogP contribution in [-0.2, 0) is 0 Å². The van der Waals surface area contributed by atoms with Gasteiger partial charge in [0.05, 0.1) is 0 Å². The Morgan fingerprint density at radius 1 is 0.741 bits per heavy atom. The zero-order valence-corrected chi connectivity index (χ0v) is 17.5. The summed E-state index contributed by atoms with van der Waals surface area (Å²) in [6.45, 7) is 5.14. The van der Waals surface area contributed by atoms with Crippen LogP contribution in [0.3, 0.4) is 0 Å². The van der Waals surface area contributed by atoms with Crippen molar-refractivity contribution in [2.45, 2.75) is 19.3 Å². The van der Waals surface area contributed by atoms with Gasteiger partial charge in [-0.1, -0.05) is 0 Å². The maximum Gasteiger partial charge on any atom is 0.253 e. The Morgan fingerprint density at radius 3 is 1.85 bits per heavy atom. The number of aromatic nitrogens is 2. The van der Waals surface area contributed by atoms with Gasteiger partial charge in [0.15, 0.2) is 11.6 Å². The van der Waals surface area contributed by atoms with Crippen LogP contribution >= 0.6 is 22.6 Å². The fraction of sp³-hybridized carbons (Fsp3) is 0.450. The molecule has 0 N–H and O–H groups in total. The van der Waals surface area contributed by atoms with E-state index in [4.69, 9.17) is 0 Å². The topological polar surface area (TPSA) is 52.6 Å². The Morgan fingerprint density at radius 2 is 1.30 bits per heavy atom. The highest BCUT2D eigenvalue weighted by Gasteiger charge is 2.23. The molecule has 2 aliphatic rings. The van der Waals surface area contributed by atoms with Crippen molar-refractivity contribution >= 4 is 40.1 Å². The second kappa shape index (κ2) is 8.41. The lowest BCUT2D eigenvalue weighted by atomic mass is 10.1. The highest BCUT2D eigenvalue weighted by atomic mass is 127. The van der Waals surface area contributed by atoms with Crippen LogP contribution in [0, 0.1) is 3.57 Å². The highest BCUT2D eigenvalue weighted by molar-refractivity contribution is 14.1. The molecule has 2 aromatic rings. The van der Waals surface area contributed by atoms with E-state index < -0.39 is 0 Å². The molecule has 4 rings (SSSR count). The van der Waals surface area contributed by atoms with E-state index in [0.717, 1.165) is 46.9 Å². The van der Waals surface area contributed by atoms with Crippen molar-refractivity contribution < 1.29 is 4.79 Å². The molecule has 2 saturated heterocycles. The fourth-order valence-corrected chi connectivity index (χ4v) is 4.05. The van der Waals surface area contributed by atoms with Crippen molar-refractivity contribution in [1.82, 2.24) is 15.1 Å². The number of anilines is 2. The minimum atomic E-state index is 0.109. The Balaban J connectivity index is 1.34. The molecule has 1 aromatic carbocycles. The van der Waals surface area contributed by atoms with Crippen molar-refractivity contribution in [3.05, 3.63) is 45.5 Å². The number of benzene rings is 1. The summed E-state index contributed by atoms with van der Waals surface area (Å²) >= 11 is 2.25. The number of hydrogen-bond donors (Lipinski definition) is 0. The average Bonchev–Trinajstić information content (AvgIpc) is 2.75. The van der Waals surface area contributed by atoms with Gasteiger partial charge in [-0.3, -0.25) is 4.79 Å². The fourth-order valence-electron chi connectivity index (χ4n) is 3.69. The summed E-state index contributed by atoms with van der Waals surface area (Å²) in [5.41, 5.74) is 0.759. The van der Waals surface area contributed by atoms with Gasteiger partial charge in [0.1, 0.15) is 0 Å². The molecule has 0 unspecified atom stereocenters. The van der Waals surface area contributed by atoms with Gasteiger partial charge in [-0.05, 0) is 78.3 Å². The van der Waals surface area contributed by atoms with E-state index in [1.807, 2.05) is 29.2 Å². The van der Waals surface area contributed by atoms with Crippen LogP contribution in [-0.4, -0.2) is 60.3 Å². The highest BCUT2D eigenvalue weighted by Crippen LogP contribution is 2.20. The third-order valence-corrected chi connectivity index (χ3v) is 6.02. The minimum absolute atomic E-state index is 0.109. The molecule has 0 aliphatic carbocycles. The lowest BCUT2D eigenvalue weighted by Gasteiger charge is -2.35. The maximum atomic E-state index is 12.6. The van der Waals surface area contributed by atoms with Gasteiger partial charge < -0.3 is 14.7 Å². The van der Waals surface area contributed by atoms with Crippen molar-refractivity contribution in [1.29, 1.82) is 0 Å². The van der Waals surface area contributed by atoms with E-state index in [2.05, 4.69) is 54.7 Å². The van der Waals surface area contributed by atoms with E-state index in [9.17, 15) is 4.79 Å². The van der Waals surface area contributed by atoms with Crippen LogP contribution in [0.2, 0.25) is 0 Å². The first kappa shape index (κ1) is 18.5. The molecule has 0 atom stereocenters. The molecular formula is C20H24IN5O. The van der Waals surface area contributed by atoms with E-state index in [-0.39, 0.29) is 5.91 Å². The summed E-state index contributed by atoms with van der Waals surface area (Å²) in [5.74, 6) is 1.99. The first-order valence-corrected chi connectivity index (χ1v) is 10.7. The van der Waals surface area contributed by atoms with Crippen LogP contribution in [0.4, 0.5) is 11.6 Å². The molecular weight excluding hydrogens is 453 g/mol. The van der Waals surface area contributed by atoms with Gasteiger partial charge in [0.25, 0.3) is 5.91 Å². The number of piperidine rings is 1. The third-order valence-electron chi connectivity index (χ3n) is 5.30. The molecule has 0 spiro atoms. The molecule has 3 heterocycles. The standard InChI is InChI=1S/C20H24IN5O/c21-17-6-4-16(5-7-17)20(27)26-14-12-25(13-15-26)19-9-8-18(22-23-19)24-10-2-1-3-11-24/h4-9H,1-3,10-15H2. The average molecular weight is 477 g/mol. The van der Waals surface area contributed by atoms with Crippen molar-refractivity contribution in [3.8, 4) is 0 Å². The molecule has 1 amide bonds. The number of nitrogens with zero attached hydrogens (tertiary/aromatic N) is 5. The van der Waals surface area contributed by atoms with E-state index in [0.29, 0.717) is 13.1 Å². The number of carbonyl (C=O) groups excluding carboxylic acids is 1. The van der Waals surface area contributed by atoms with Crippen LogP contribution in [0.1, 0.15) is 29.6 Å². The van der Waals surface area contributed by atoms with E-state index >= 15 is 0 Å². The van der Waals surface area contributed by atoms with E-state index in [1.165, 1.54) is 19.3 Å². The number of piperazine rings is 1.